The highest BCUT2D eigenvalue weighted by molar-refractivity contribution is 5.94. The lowest BCUT2D eigenvalue weighted by Gasteiger charge is -2.26. The maximum absolute atomic E-state index is 14.3. The fourth-order valence-electron chi connectivity index (χ4n) is 3.21. The topological polar surface area (TPSA) is 84.7 Å². The van der Waals surface area contributed by atoms with Crippen LogP contribution in [0.1, 0.15) is 34.8 Å². The zero-order valence-corrected chi connectivity index (χ0v) is 15.4. The van der Waals surface area contributed by atoms with Gasteiger partial charge in [-0.15, -0.1) is 0 Å². The number of amides is 2. The second-order valence-electron chi connectivity index (χ2n) is 6.56. The predicted octanol–water partition coefficient (Wildman–Crippen LogP) is 2.85. The molecule has 0 aromatic heterocycles. The lowest BCUT2D eigenvalue weighted by Crippen LogP contribution is -2.36. The Morgan fingerprint density at radius 2 is 1.79 bits per heavy atom. The molecule has 0 aliphatic carbocycles. The first-order valence-corrected chi connectivity index (χ1v) is 8.89. The zero-order valence-electron chi connectivity index (χ0n) is 15.4. The van der Waals surface area contributed by atoms with Crippen LogP contribution in [0.3, 0.4) is 0 Å². The number of methoxy groups -OCH3 is 1. The van der Waals surface area contributed by atoms with Gasteiger partial charge in [0.25, 0.3) is 0 Å². The van der Waals surface area contributed by atoms with Crippen LogP contribution >= 0.6 is 0 Å². The number of nitrogens with two attached hydrogens (primary N) is 1. The molecule has 1 aliphatic heterocycles. The summed E-state index contributed by atoms with van der Waals surface area (Å²) in [4.78, 5) is 26.2. The molecule has 1 fully saturated rings. The molecule has 28 heavy (non-hydrogen) atoms. The molecule has 1 saturated heterocycles. The third-order valence-corrected chi connectivity index (χ3v) is 4.72. The van der Waals surface area contributed by atoms with Crippen molar-refractivity contribution in [2.24, 2.45) is 5.73 Å². The van der Waals surface area contributed by atoms with Crippen LogP contribution in [-0.4, -0.2) is 36.9 Å². The second kappa shape index (κ2) is 8.24. The Bertz CT molecular complexity index is 898. The normalized spacial score (nSPS) is 14.6. The number of halogens is 2. The number of carbonyl (C=O) groups is 2. The van der Waals surface area contributed by atoms with E-state index in [9.17, 15) is 18.4 Å². The summed E-state index contributed by atoms with van der Waals surface area (Å²) < 4.78 is 33.2. The van der Waals surface area contributed by atoms with Gasteiger partial charge in [0.05, 0.1) is 12.8 Å². The SMILES string of the molecule is COc1cc([C@H](Nc2cc(C(N)=O)ccc2F)C(=O)N2CCCC2)ccc1F. The van der Waals surface area contributed by atoms with E-state index in [1.807, 2.05) is 0 Å². The van der Waals surface area contributed by atoms with Crippen LogP contribution in [0.2, 0.25) is 0 Å². The Balaban J connectivity index is 2.00. The van der Waals surface area contributed by atoms with Crippen molar-refractivity contribution >= 4 is 17.5 Å². The maximum atomic E-state index is 14.3. The minimum Gasteiger partial charge on any atom is -0.494 e. The van der Waals surface area contributed by atoms with Crippen molar-refractivity contribution in [2.75, 3.05) is 25.5 Å². The van der Waals surface area contributed by atoms with Gasteiger partial charge >= 0.3 is 0 Å². The minimum atomic E-state index is -0.981. The number of ether oxygens (including phenoxy) is 1. The minimum absolute atomic E-state index is 0.0233. The molecule has 0 saturated carbocycles. The molecule has 0 unspecified atom stereocenters. The zero-order chi connectivity index (χ0) is 20.3. The molecular weight excluding hydrogens is 368 g/mol. The molecule has 2 aromatic carbocycles. The molecule has 1 aliphatic rings. The molecule has 2 aromatic rings. The molecule has 8 heteroatoms. The van der Waals surface area contributed by atoms with E-state index in [-0.39, 0.29) is 22.9 Å². The van der Waals surface area contributed by atoms with Crippen LogP contribution in [0.4, 0.5) is 14.5 Å². The number of nitrogens with one attached hydrogen (secondary N) is 1. The summed E-state index contributed by atoms with van der Waals surface area (Å²) in [6.45, 7) is 1.19. The number of hydrogen-bond donors (Lipinski definition) is 2. The predicted molar refractivity (Wildman–Crippen MR) is 100 cm³/mol. The van der Waals surface area contributed by atoms with Crippen molar-refractivity contribution in [3.05, 3.63) is 59.2 Å². The van der Waals surface area contributed by atoms with Crippen molar-refractivity contribution < 1.29 is 23.1 Å². The Morgan fingerprint density at radius 1 is 1.11 bits per heavy atom. The van der Waals surface area contributed by atoms with Crippen molar-refractivity contribution in [3.8, 4) is 5.75 Å². The molecule has 1 atom stereocenters. The summed E-state index contributed by atoms with van der Waals surface area (Å²) in [5.41, 5.74) is 5.74. The number of anilines is 1. The van der Waals surface area contributed by atoms with Gasteiger partial charge in [-0.3, -0.25) is 9.59 Å². The summed E-state index contributed by atoms with van der Waals surface area (Å²) in [7, 11) is 1.32. The van der Waals surface area contributed by atoms with E-state index in [0.717, 1.165) is 18.9 Å². The first-order chi connectivity index (χ1) is 13.4. The number of likely N-dealkylation sites (tertiary alicyclic amines) is 1. The summed E-state index contributed by atoms with van der Waals surface area (Å²) in [6, 6.07) is 6.67. The maximum Gasteiger partial charge on any atom is 0.249 e. The highest BCUT2D eigenvalue weighted by atomic mass is 19.1. The quantitative estimate of drug-likeness (QED) is 0.796. The van der Waals surface area contributed by atoms with Gasteiger partial charge in [-0.25, -0.2) is 8.78 Å². The first-order valence-electron chi connectivity index (χ1n) is 8.89. The van der Waals surface area contributed by atoms with Crippen molar-refractivity contribution in [1.29, 1.82) is 0 Å². The molecule has 1 heterocycles. The van der Waals surface area contributed by atoms with Gasteiger partial charge in [-0.1, -0.05) is 6.07 Å². The van der Waals surface area contributed by atoms with Crippen LogP contribution < -0.4 is 15.8 Å². The molecule has 0 bridgehead atoms. The number of nitrogens with zero attached hydrogens (tertiary/aromatic N) is 1. The van der Waals surface area contributed by atoms with Crippen molar-refractivity contribution in [3.63, 3.8) is 0 Å². The van der Waals surface area contributed by atoms with E-state index in [2.05, 4.69) is 5.32 Å². The van der Waals surface area contributed by atoms with Crippen molar-refractivity contribution in [1.82, 2.24) is 4.90 Å². The highest BCUT2D eigenvalue weighted by Crippen LogP contribution is 2.29. The van der Waals surface area contributed by atoms with E-state index in [4.69, 9.17) is 10.5 Å². The molecule has 6 nitrogen and oxygen atoms in total. The van der Waals surface area contributed by atoms with Gasteiger partial charge in [-0.2, -0.15) is 0 Å². The van der Waals surface area contributed by atoms with E-state index in [0.29, 0.717) is 18.7 Å². The van der Waals surface area contributed by atoms with Gasteiger partial charge < -0.3 is 20.7 Å². The van der Waals surface area contributed by atoms with Crippen LogP contribution in [0, 0.1) is 11.6 Å². The Kier molecular flexibility index (Phi) is 5.77. The molecule has 0 spiro atoms. The monoisotopic (exact) mass is 389 g/mol. The fourth-order valence-corrected chi connectivity index (χ4v) is 3.21. The molecule has 2 amide bonds. The first kappa shape index (κ1) is 19.6. The number of rotatable bonds is 6. The van der Waals surface area contributed by atoms with Crippen LogP contribution in [0.25, 0.3) is 0 Å². The standard InChI is InChI=1S/C20H21F2N3O3/c1-28-17-11-12(4-7-15(17)22)18(20(27)25-8-2-3-9-25)24-16-10-13(19(23)26)5-6-14(16)21/h4-7,10-11,18,24H,2-3,8-9H2,1H3,(H2,23,26)/t18-/m0/s1. The largest absolute Gasteiger partial charge is 0.494 e. The summed E-state index contributed by atoms with van der Waals surface area (Å²) in [5, 5.41) is 2.85. The van der Waals surface area contributed by atoms with Gasteiger partial charge in [0.1, 0.15) is 11.9 Å². The third kappa shape index (κ3) is 4.05. The van der Waals surface area contributed by atoms with Crippen LogP contribution in [0.15, 0.2) is 36.4 Å². The smallest absolute Gasteiger partial charge is 0.249 e. The van der Waals surface area contributed by atoms with Gasteiger partial charge in [-0.05, 0) is 48.7 Å². The lowest BCUT2D eigenvalue weighted by atomic mass is 10.0. The van der Waals surface area contributed by atoms with E-state index in [1.54, 1.807) is 4.90 Å². The molecule has 0 radical (unpaired) electrons. The lowest BCUT2D eigenvalue weighted by molar-refractivity contribution is -0.131. The van der Waals surface area contributed by atoms with Gasteiger partial charge in [0, 0.05) is 18.7 Å². The number of primary amides is 1. The molecule has 3 rings (SSSR count). The Hall–Kier alpha value is -3.16. The summed E-state index contributed by atoms with van der Waals surface area (Å²) in [6.07, 6.45) is 1.77. The number of benzene rings is 2. The van der Waals surface area contributed by atoms with Crippen LogP contribution in [0.5, 0.6) is 5.75 Å². The summed E-state index contributed by atoms with van der Waals surface area (Å²) in [5.74, 6) is -2.22. The fraction of sp³-hybridized carbons (Fsp3) is 0.300. The molecule has 148 valence electrons. The average Bonchev–Trinajstić information content (AvgIpc) is 3.22. The van der Waals surface area contributed by atoms with Crippen LogP contribution in [-0.2, 0) is 4.79 Å². The Morgan fingerprint density at radius 3 is 2.43 bits per heavy atom. The number of carbonyl (C=O) groups excluding carboxylic acids is 2. The highest BCUT2D eigenvalue weighted by Gasteiger charge is 2.29. The van der Waals surface area contributed by atoms with E-state index < -0.39 is 23.6 Å². The number of hydrogen-bond acceptors (Lipinski definition) is 4. The van der Waals surface area contributed by atoms with Crippen molar-refractivity contribution in [2.45, 2.75) is 18.9 Å². The second-order valence-corrected chi connectivity index (χ2v) is 6.56. The van der Waals surface area contributed by atoms with E-state index >= 15 is 0 Å². The molecule has 3 N–H and O–H groups in total. The van der Waals surface area contributed by atoms with Gasteiger partial charge in [0.15, 0.2) is 11.6 Å². The average molecular weight is 389 g/mol. The molecular formula is C20H21F2N3O3. The summed E-state index contributed by atoms with van der Waals surface area (Å²) >= 11 is 0. The third-order valence-electron chi connectivity index (χ3n) is 4.72. The van der Waals surface area contributed by atoms with Gasteiger partial charge in [0.2, 0.25) is 11.8 Å². The Labute approximate surface area is 161 Å². The van der Waals surface area contributed by atoms with E-state index in [1.165, 1.54) is 37.4 Å².